The molecular formula is C21H22N4O4S. The number of benzene rings is 2. The maximum absolute atomic E-state index is 12.3. The SMILES string of the molecule is CCOc1ccc(NC(=O)CSc2nc(Cc3ccccc3)c(C)[nH]2)c([N+](=O)[O-])c1. The van der Waals surface area contributed by atoms with Crippen LogP contribution in [0, 0.1) is 17.0 Å². The number of aromatic nitrogens is 2. The molecule has 0 atom stereocenters. The van der Waals surface area contributed by atoms with E-state index in [2.05, 4.69) is 15.3 Å². The van der Waals surface area contributed by atoms with Gasteiger partial charge in [0.25, 0.3) is 5.69 Å². The maximum Gasteiger partial charge on any atom is 0.296 e. The number of amides is 1. The number of carbonyl (C=O) groups is 1. The van der Waals surface area contributed by atoms with Crippen LogP contribution < -0.4 is 10.1 Å². The van der Waals surface area contributed by atoms with Crippen molar-refractivity contribution in [2.45, 2.75) is 25.4 Å². The molecule has 156 valence electrons. The van der Waals surface area contributed by atoms with Crippen molar-refractivity contribution in [2.24, 2.45) is 0 Å². The number of aryl methyl sites for hydroxylation is 1. The minimum Gasteiger partial charge on any atom is -0.494 e. The predicted molar refractivity (Wildman–Crippen MR) is 116 cm³/mol. The number of hydrogen-bond acceptors (Lipinski definition) is 6. The van der Waals surface area contributed by atoms with Crippen LogP contribution in [-0.2, 0) is 11.2 Å². The molecule has 0 bridgehead atoms. The monoisotopic (exact) mass is 426 g/mol. The second-order valence-electron chi connectivity index (χ2n) is 6.48. The van der Waals surface area contributed by atoms with Gasteiger partial charge in [-0.1, -0.05) is 42.1 Å². The Kier molecular flexibility index (Phi) is 7.08. The topological polar surface area (TPSA) is 110 Å². The molecule has 2 N–H and O–H groups in total. The van der Waals surface area contributed by atoms with Crippen LogP contribution in [-0.4, -0.2) is 33.2 Å². The van der Waals surface area contributed by atoms with Crippen LogP contribution in [0.2, 0.25) is 0 Å². The normalized spacial score (nSPS) is 10.6. The molecule has 2 aromatic carbocycles. The number of ether oxygens (including phenoxy) is 1. The van der Waals surface area contributed by atoms with E-state index in [1.54, 1.807) is 13.0 Å². The highest BCUT2D eigenvalue weighted by Gasteiger charge is 2.18. The van der Waals surface area contributed by atoms with Gasteiger partial charge in [0.15, 0.2) is 5.16 Å². The molecule has 0 aliphatic heterocycles. The first kappa shape index (κ1) is 21.4. The Labute approximate surface area is 178 Å². The summed E-state index contributed by atoms with van der Waals surface area (Å²) in [6.45, 7) is 4.13. The number of thioether (sulfide) groups is 1. The molecule has 8 nitrogen and oxygen atoms in total. The molecule has 3 aromatic rings. The third-order valence-corrected chi connectivity index (χ3v) is 5.14. The molecule has 0 fully saturated rings. The van der Waals surface area contributed by atoms with Crippen LogP contribution in [0.25, 0.3) is 0 Å². The van der Waals surface area contributed by atoms with Gasteiger partial charge in [-0.3, -0.25) is 14.9 Å². The molecule has 0 aliphatic rings. The lowest BCUT2D eigenvalue weighted by molar-refractivity contribution is -0.384. The summed E-state index contributed by atoms with van der Waals surface area (Å²) < 4.78 is 5.28. The summed E-state index contributed by atoms with van der Waals surface area (Å²) in [7, 11) is 0. The van der Waals surface area contributed by atoms with E-state index in [1.807, 2.05) is 37.3 Å². The van der Waals surface area contributed by atoms with Gasteiger partial charge in [-0.05, 0) is 31.5 Å². The Bertz CT molecular complexity index is 1040. The number of carbonyl (C=O) groups excluding carboxylic acids is 1. The Morgan fingerprint density at radius 3 is 2.73 bits per heavy atom. The highest BCUT2D eigenvalue weighted by atomic mass is 32.2. The average molecular weight is 426 g/mol. The van der Waals surface area contributed by atoms with Crippen LogP contribution >= 0.6 is 11.8 Å². The number of nitro groups is 1. The van der Waals surface area contributed by atoms with Crippen molar-refractivity contribution in [1.82, 2.24) is 9.97 Å². The molecular weight excluding hydrogens is 404 g/mol. The zero-order valence-electron chi connectivity index (χ0n) is 16.7. The third kappa shape index (κ3) is 5.60. The summed E-state index contributed by atoms with van der Waals surface area (Å²) >= 11 is 1.25. The number of nitrogens with zero attached hydrogens (tertiary/aromatic N) is 2. The smallest absolute Gasteiger partial charge is 0.296 e. The van der Waals surface area contributed by atoms with Crippen molar-refractivity contribution in [1.29, 1.82) is 0 Å². The van der Waals surface area contributed by atoms with Crippen molar-refractivity contribution in [3.8, 4) is 5.75 Å². The van der Waals surface area contributed by atoms with Gasteiger partial charge in [0.1, 0.15) is 11.4 Å². The fraction of sp³-hybridized carbons (Fsp3) is 0.238. The molecule has 0 radical (unpaired) electrons. The molecule has 9 heteroatoms. The number of imidazole rings is 1. The molecule has 1 aromatic heterocycles. The zero-order chi connectivity index (χ0) is 21.5. The highest BCUT2D eigenvalue weighted by Crippen LogP contribution is 2.29. The largest absolute Gasteiger partial charge is 0.494 e. The predicted octanol–water partition coefficient (Wildman–Crippen LogP) is 4.35. The lowest BCUT2D eigenvalue weighted by atomic mass is 10.1. The Hall–Kier alpha value is -3.33. The van der Waals surface area contributed by atoms with Gasteiger partial charge >= 0.3 is 0 Å². The average Bonchev–Trinajstić information content (AvgIpc) is 3.07. The van der Waals surface area contributed by atoms with Gasteiger partial charge in [-0.25, -0.2) is 4.98 Å². The standard InChI is InChI=1S/C21H22N4O4S/c1-3-29-16-9-10-17(19(12-16)25(27)28)23-20(26)13-30-21-22-14(2)18(24-21)11-15-7-5-4-6-8-15/h4-10,12H,3,11,13H2,1-2H3,(H,22,24)(H,23,26). The van der Waals surface area contributed by atoms with Gasteiger partial charge < -0.3 is 15.0 Å². The maximum atomic E-state index is 12.3. The van der Waals surface area contributed by atoms with Gasteiger partial charge in [0, 0.05) is 12.1 Å². The van der Waals surface area contributed by atoms with E-state index < -0.39 is 4.92 Å². The van der Waals surface area contributed by atoms with E-state index in [0.717, 1.165) is 17.0 Å². The van der Waals surface area contributed by atoms with E-state index >= 15 is 0 Å². The molecule has 0 aliphatic carbocycles. The third-order valence-electron chi connectivity index (χ3n) is 4.27. The Morgan fingerprint density at radius 1 is 1.27 bits per heavy atom. The highest BCUT2D eigenvalue weighted by molar-refractivity contribution is 7.99. The van der Waals surface area contributed by atoms with Gasteiger partial charge in [-0.15, -0.1) is 0 Å². The van der Waals surface area contributed by atoms with Crippen LogP contribution in [0.5, 0.6) is 5.75 Å². The van der Waals surface area contributed by atoms with Crippen LogP contribution in [0.1, 0.15) is 23.9 Å². The first-order valence-electron chi connectivity index (χ1n) is 9.39. The number of nitrogens with one attached hydrogen (secondary N) is 2. The number of hydrogen-bond donors (Lipinski definition) is 2. The number of aromatic amines is 1. The fourth-order valence-corrected chi connectivity index (χ4v) is 3.58. The molecule has 0 unspecified atom stereocenters. The van der Waals surface area contributed by atoms with Crippen molar-refractivity contribution < 1.29 is 14.5 Å². The number of nitro benzene ring substituents is 1. The first-order chi connectivity index (χ1) is 14.5. The second-order valence-corrected chi connectivity index (χ2v) is 7.45. The van der Waals surface area contributed by atoms with Gasteiger partial charge in [-0.2, -0.15) is 0 Å². The molecule has 30 heavy (non-hydrogen) atoms. The van der Waals surface area contributed by atoms with E-state index in [-0.39, 0.29) is 23.0 Å². The molecule has 0 saturated heterocycles. The summed E-state index contributed by atoms with van der Waals surface area (Å²) in [5.41, 5.74) is 2.95. The molecule has 0 spiro atoms. The van der Waals surface area contributed by atoms with Crippen LogP contribution in [0.3, 0.4) is 0 Å². The molecule has 1 heterocycles. The van der Waals surface area contributed by atoms with Crippen LogP contribution in [0.15, 0.2) is 53.7 Å². The molecule has 0 saturated carbocycles. The van der Waals surface area contributed by atoms with Crippen molar-refractivity contribution in [3.05, 3.63) is 75.6 Å². The minimum absolute atomic E-state index is 0.0715. The van der Waals surface area contributed by atoms with Crippen molar-refractivity contribution in [2.75, 3.05) is 17.7 Å². The first-order valence-corrected chi connectivity index (χ1v) is 10.4. The Balaban J connectivity index is 1.61. The number of rotatable bonds is 9. The summed E-state index contributed by atoms with van der Waals surface area (Å²) in [6, 6.07) is 14.4. The van der Waals surface area contributed by atoms with E-state index in [4.69, 9.17) is 4.74 Å². The molecule has 1 amide bonds. The number of anilines is 1. The molecule has 3 rings (SSSR count). The Morgan fingerprint density at radius 2 is 2.03 bits per heavy atom. The van der Waals surface area contributed by atoms with Crippen molar-refractivity contribution in [3.63, 3.8) is 0 Å². The van der Waals surface area contributed by atoms with Gasteiger partial charge in [0.2, 0.25) is 5.91 Å². The summed E-state index contributed by atoms with van der Waals surface area (Å²) in [5.74, 6) is 0.0988. The zero-order valence-corrected chi connectivity index (χ0v) is 17.5. The van der Waals surface area contributed by atoms with E-state index in [9.17, 15) is 14.9 Å². The quantitative estimate of drug-likeness (QED) is 0.299. The fourth-order valence-electron chi connectivity index (χ4n) is 2.84. The minimum atomic E-state index is -0.545. The summed E-state index contributed by atoms with van der Waals surface area (Å²) in [5, 5.41) is 14.5. The van der Waals surface area contributed by atoms with E-state index in [0.29, 0.717) is 23.9 Å². The van der Waals surface area contributed by atoms with Gasteiger partial charge in [0.05, 0.1) is 29.0 Å². The number of H-pyrrole nitrogens is 1. The summed E-state index contributed by atoms with van der Waals surface area (Å²) in [6.07, 6.45) is 0.703. The lowest BCUT2D eigenvalue weighted by Crippen LogP contribution is -2.15. The van der Waals surface area contributed by atoms with Crippen molar-refractivity contribution >= 4 is 29.0 Å². The van der Waals surface area contributed by atoms with Crippen LogP contribution in [0.4, 0.5) is 11.4 Å². The second kappa shape index (κ2) is 9.93. The summed E-state index contributed by atoms with van der Waals surface area (Å²) in [4.78, 5) is 30.8. The lowest BCUT2D eigenvalue weighted by Gasteiger charge is -2.08. The van der Waals surface area contributed by atoms with E-state index in [1.165, 1.54) is 23.9 Å².